The van der Waals surface area contributed by atoms with Crippen LogP contribution in [0.1, 0.15) is 54.0 Å². The van der Waals surface area contributed by atoms with E-state index < -0.39 is 29.3 Å². The van der Waals surface area contributed by atoms with Gasteiger partial charge in [0.25, 0.3) is 11.8 Å². The molecule has 37 heavy (non-hydrogen) atoms. The Morgan fingerprint density at radius 3 is 2.00 bits per heavy atom. The van der Waals surface area contributed by atoms with Crippen molar-refractivity contribution in [3.63, 3.8) is 0 Å². The normalized spacial score (nSPS) is 14.1. The molecule has 3 aromatic carbocycles. The van der Waals surface area contributed by atoms with Crippen molar-refractivity contribution in [2.45, 2.75) is 39.2 Å². The first-order valence-corrected chi connectivity index (χ1v) is 11.9. The molecule has 2 amide bonds. The van der Waals surface area contributed by atoms with Crippen molar-refractivity contribution in [1.82, 2.24) is 4.90 Å². The fraction of sp³-hybridized carbons (Fsp3) is 0.200. The summed E-state index contributed by atoms with van der Waals surface area (Å²) in [7, 11) is 0. The molecular formula is C30H25NO6. The third kappa shape index (κ3) is 4.12. The first-order valence-electron chi connectivity index (χ1n) is 11.9. The highest BCUT2D eigenvalue weighted by Crippen LogP contribution is 2.33. The highest BCUT2D eigenvalue weighted by atomic mass is 16.5. The SMILES string of the molecule is C[C@@H](C(=O)Oc1c(-c2ccc(C(C)(C)C)cc2)oc2ccccc2c1=O)N1C(=O)c2ccccc2C1=O. The average molecular weight is 496 g/mol. The largest absolute Gasteiger partial charge is 0.452 e. The molecule has 0 radical (unpaired) electrons. The van der Waals surface area contributed by atoms with Gasteiger partial charge < -0.3 is 9.15 Å². The lowest BCUT2D eigenvalue weighted by molar-refractivity contribution is -0.138. The predicted molar refractivity (Wildman–Crippen MR) is 139 cm³/mol. The standard InChI is InChI=1S/C30H25NO6/c1-17(31-27(33)20-9-5-6-10-21(20)28(31)34)29(35)37-26-24(32)22-11-7-8-12-23(22)36-25(26)18-13-15-19(16-14-18)30(2,3)4/h5-17H,1-4H3/t17-/m0/s1. The lowest BCUT2D eigenvalue weighted by Gasteiger charge is -2.21. The van der Waals surface area contributed by atoms with Gasteiger partial charge in [-0.15, -0.1) is 0 Å². The van der Waals surface area contributed by atoms with Crippen LogP contribution in [0.15, 0.2) is 82.0 Å². The number of ether oxygens (including phenoxy) is 1. The van der Waals surface area contributed by atoms with Crippen LogP contribution >= 0.6 is 0 Å². The molecule has 1 aliphatic rings. The van der Waals surface area contributed by atoms with Crippen LogP contribution in [0.25, 0.3) is 22.3 Å². The van der Waals surface area contributed by atoms with Gasteiger partial charge in [0.05, 0.1) is 16.5 Å². The van der Waals surface area contributed by atoms with Gasteiger partial charge in [-0.3, -0.25) is 19.3 Å². The molecule has 0 unspecified atom stereocenters. The summed E-state index contributed by atoms with van der Waals surface area (Å²) in [6, 6.07) is 19.2. The van der Waals surface area contributed by atoms with Crippen LogP contribution in [-0.4, -0.2) is 28.7 Å². The molecule has 2 heterocycles. The summed E-state index contributed by atoms with van der Waals surface area (Å²) in [4.78, 5) is 53.3. The first kappa shape index (κ1) is 24.2. The van der Waals surface area contributed by atoms with E-state index in [1.165, 1.54) is 19.1 Å². The van der Waals surface area contributed by atoms with Gasteiger partial charge in [0.1, 0.15) is 11.6 Å². The molecule has 0 aliphatic carbocycles. The van der Waals surface area contributed by atoms with Crippen LogP contribution in [-0.2, 0) is 10.2 Å². The number of carbonyl (C=O) groups is 3. The van der Waals surface area contributed by atoms with Crippen LogP contribution < -0.4 is 10.2 Å². The minimum Gasteiger partial charge on any atom is -0.452 e. The lowest BCUT2D eigenvalue weighted by Crippen LogP contribution is -2.45. The summed E-state index contributed by atoms with van der Waals surface area (Å²) in [5, 5.41) is 0.244. The van der Waals surface area contributed by atoms with Crippen molar-refractivity contribution in [3.05, 3.63) is 99.7 Å². The van der Waals surface area contributed by atoms with Crippen LogP contribution in [0, 0.1) is 0 Å². The maximum atomic E-state index is 13.5. The van der Waals surface area contributed by atoms with Crippen molar-refractivity contribution < 1.29 is 23.5 Å². The van der Waals surface area contributed by atoms with Crippen molar-refractivity contribution in [2.24, 2.45) is 0 Å². The van der Waals surface area contributed by atoms with Gasteiger partial charge in [0, 0.05) is 5.56 Å². The highest BCUT2D eigenvalue weighted by Gasteiger charge is 2.41. The van der Waals surface area contributed by atoms with E-state index in [-0.39, 0.29) is 33.4 Å². The minimum absolute atomic E-state index is 0.0835. The second-order valence-corrected chi connectivity index (χ2v) is 10.0. The molecule has 4 aromatic rings. The van der Waals surface area contributed by atoms with E-state index in [9.17, 15) is 19.2 Å². The van der Waals surface area contributed by atoms with Crippen LogP contribution in [0.3, 0.4) is 0 Å². The summed E-state index contributed by atoms with van der Waals surface area (Å²) in [6.07, 6.45) is 0. The predicted octanol–water partition coefficient (Wildman–Crippen LogP) is 5.35. The monoisotopic (exact) mass is 495 g/mol. The molecular weight excluding hydrogens is 470 g/mol. The molecule has 1 atom stereocenters. The van der Waals surface area contributed by atoms with Crippen molar-refractivity contribution in [2.75, 3.05) is 0 Å². The number of carbonyl (C=O) groups excluding carboxylic acids is 3. The van der Waals surface area contributed by atoms with E-state index in [4.69, 9.17) is 9.15 Å². The molecule has 7 nitrogen and oxygen atoms in total. The third-order valence-electron chi connectivity index (χ3n) is 6.53. The van der Waals surface area contributed by atoms with Crippen LogP contribution in [0.5, 0.6) is 5.75 Å². The number of hydrogen-bond acceptors (Lipinski definition) is 6. The van der Waals surface area contributed by atoms with Crippen molar-refractivity contribution in [3.8, 4) is 17.1 Å². The van der Waals surface area contributed by atoms with Gasteiger partial charge in [0.15, 0.2) is 5.76 Å². The van der Waals surface area contributed by atoms with E-state index in [1.807, 2.05) is 12.1 Å². The third-order valence-corrected chi connectivity index (χ3v) is 6.53. The summed E-state index contributed by atoms with van der Waals surface area (Å²) < 4.78 is 11.7. The summed E-state index contributed by atoms with van der Waals surface area (Å²) in [5.41, 5.74) is 1.80. The Morgan fingerprint density at radius 1 is 0.838 bits per heavy atom. The van der Waals surface area contributed by atoms with Crippen LogP contribution in [0.4, 0.5) is 0 Å². The Labute approximate surface area is 213 Å². The Hall–Kier alpha value is -4.52. The minimum atomic E-state index is -1.27. The van der Waals surface area contributed by atoms with Gasteiger partial charge in [-0.05, 0) is 42.2 Å². The van der Waals surface area contributed by atoms with Crippen molar-refractivity contribution in [1.29, 1.82) is 0 Å². The molecule has 0 bridgehead atoms. The van der Waals surface area contributed by atoms with E-state index in [0.29, 0.717) is 11.1 Å². The lowest BCUT2D eigenvalue weighted by atomic mass is 9.86. The number of rotatable bonds is 4. The maximum Gasteiger partial charge on any atom is 0.334 e. The Kier molecular flexibility index (Phi) is 5.79. The van der Waals surface area contributed by atoms with E-state index in [0.717, 1.165) is 10.5 Å². The van der Waals surface area contributed by atoms with Gasteiger partial charge in [-0.2, -0.15) is 0 Å². The number of benzene rings is 3. The summed E-state index contributed by atoms with van der Waals surface area (Å²) >= 11 is 0. The zero-order valence-electron chi connectivity index (χ0n) is 20.9. The summed E-state index contributed by atoms with van der Waals surface area (Å²) in [5.74, 6) is -2.31. The first-order chi connectivity index (χ1) is 17.6. The molecule has 0 spiro atoms. The molecule has 5 rings (SSSR count). The maximum absolute atomic E-state index is 13.5. The fourth-order valence-corrected chi connectivity index (χ4v) is 4.38. The topological polar surface area (TPSA) is 93.9 Å². The molecule has 0 N–H and O–H groups in total. The molecule has 7 heteroatoms. The number of para-hydroxylation sites is 1. The molecule has 0 saturated heterocycles. The molecule has 0 fully saturated rings. The number of nitrogens with zero attached hydrogens (tertiary/aromatic N) is 1. The Morgan fingerprint density at radius 2 is 1.41 bits per heavy atom. The molecule has 186 valence electrons. The van der Waals surface area contributed by atoms with Gasteiger partial charge in [-0.25, -0.2) is 4.79 Å². The second kappa shape index (κ2) is 8.85. The Bertz CT molecular complexity index is 1590. The highest BCUT2D eigenvalue weighted by molar-refractivity contribution is 6.22. The second-order valence-electron chi connectivity index (χ2n) is 10.0. The van der Waals surface area contributed by atoms with Crippen LogP contribution in [0.2, 0.25) is 0 Å². The zero-order valence-corrected chi connectivity index (χ0v) is 20.9. The smallest absolute Gasteiger partial charge is 0.334 e. The zero-order chi connectivity index (χ0) is 26.5. The molecule has 0 saturated carbocycles. The molecule has 1 aromatic heterocycles. The fourth-order valence-electron chi connectivity index (χ4n) is 4.38. The van der Waals surface area contributed by atoms with Gasteiger partial charge >= 0.3 is 5.97 Å². The Balaban J connectivity index is 1.55. The van der Waals surface area contributed by atoms with Crippen molar-refractivity contribution >= 4 is 28.8 Å². The van der Waals surface area contributed by atoms with E-state index in [1.54, 1.807) is 48.5 Å². The number of hydrogen-bond donors (Lipinski definition) is 0. The molecule has 1 aliphatic heterocycles. The van der Waals surface area contributed by atoms with Gasteiger partial charge in [0.2, 0.25) is 11.2 Å². The quantitative estimate of drug-likeness (QED) is 0.280. The van der Waals surface area contributed by atoms with E-state index in [2.05, 4.69) is 20.8 Å². The average Bonchev–Trinajstić information content (AvgIpc) is 3.14. The number of esters is 1. The van der Waals surface area contributed by atoms with E-state index >= 15 is 0 Å². The number of amides is 2. The number of imide groups is 1. The van der Waals surface area contributed by atoms with Gasteiger partial charge in [-0.1, -0.05) is 69.3 Å². The summed E-state index contributed by atoms with van der Waals surface area (Å²) in [6.45, 7) is 7.66. The number of fused-ring (bicyclic) bond motifs is 2.